The van der Waals surface area contributed by atoms with Crippen LogP contribution in [0, 0.1) is 5.92 Å². The first kappa shape index (κ1) is 36.8. The lowest BCUT2D eigenvalue weighted by atomic mass is 9.82. The van der Waals surface area contributed by atoms with E-state index in [-0.39, 0.29) is 52.5 Å². The lowest BCUT2D eigenvalue weighted by Gasteiger charge is -2.30. The van der Waals surface area contributed by atoms with Crippen LogP contribution in [0.15, 0.2) is 51.4 Å². The van der Waals surface area contributed by atoms with Crippen molar-refractivity contribution in [2.75, 3.05) is 39.5 Å². The lowest BCUT2D eigenvalue weighted by molar-refractivity contribution is -0.149. The molecule has 4 rings (SSSR count). The standard InChI is InChI=1S/C33H32N2O15/c1-17(36)48-16-49-33(47)21-5-3-2-4-20(21)32-22-6-18(10-34(12-28(39)40)13-29(41)42)24(37)8-26(22)50-27-9-25(38)19(7-23(27)32)11-35(14-30(43)44)15-31(45)46/h2-6,8-9,19,38H,7,10-16H2,1H3,(H,39,40)(H,41,42)(H,43,44)(H,45,46). The van der Waals surface area contributed by atoms with E-state index in [1.54, 1.807) is 12.1 Å². The third-order valence-electron chi connectivity index (χ3n) is 7.58. The minimum absolute atomic E-state index is 0.00819. The summed E-state index contributed by atoms with van der Waals surface area (Å²) in [5, 5.41) is 48.3. The number of aliphatic carboxylic acids is 4. The molecule has 0 spiro atoms. The Morgan fingerprint density at radius 2 is 1.44 bits per heavy atom. The Morgan fingerprint density at radius 1 is 0.840 bits per heavy atom. The number of fused-ring (bicyclic) bond motifs is 2. The smallest absolute Gasteiger partial charge is 0.341 e. The van der Waals surface area contributed by atoms with Crippen LogP contribution in [-0.2, 0) is 46.4 Å². The van der Waals surface area contributed by atoms with E-state index in [1.165, 1.54) is 24.3 Å². The number of rotatable bonds is 16. The molecule has 2 aliphatic carbocycles. The number of carboxylic acids is 4. The van der Waals surface area contributed by atoms with Crippen LogP contribution in [-0.4, -0.2) is 111 Å². The average molecular weight is 697 g/mol. The molecule has 1 unspecified atom stereocenters. The normalized spacial score (nSPS) is 13.8. The molecule has 50 heavy (non-hydrogen) atoms. The highest BCUT2D eigenvalue weighted by Crippen LogP contribution is 2.44. The van der Waals surface area contributed by atoms with Gasteiger partial charge in [-0.2, -0.15) is 0 Å². The summed E-state index contributed by atoms with van der Waals surface area (Å²) in [5.74, 6) is -7.94. The molecule has 17 heteroatoms. The predicted molar refractivity (Wildman–Crippen MR) is 169 cm³/mol. The number of aliphatic hydroxyl groups is 1. The quantitative estimate of drug-likeness (QED) is 0.105. The molecule has 3 aliphatic rings. The fourth-order valence-corrected chi connectivity index (χ4v) is 5.66. The van der Waals surface area contributed by atoms with Gasteiger partial charge in [0.2, 0.25) is 6.79 Å². The molecule has 17 nitrogen and oxygen atoms in total. The van der Waals surface area contributed by atoms with Gasteiger partial charge >= 0.3 is 35.8 Å². The first-order chi connectivity index (χ1) is 23.6. The van der Waals surface area contributed by atoms with E-state index in [1.807, 2.05) is 0 Å². The minimum atomic E-state index is -1.33. The predicted octanol–water partition coefficient (Wildman–Crippen LogP) is 1.60. The van der Waals surface area contributed by atoms with Crippen molar-refractivity contribution in [1.29, 1.82) is 0 Å². The maximum atomic E-state index is 13.3. The van der Waals surface area contributed by atoms with Gasteiger partial charge in [-0.25, -0.2) is 4.79 Å². The van der Waals surface area contributed by atoms with E-state index in [0.717, 1.165) is 22.8 Å². The lowest BCUT2D eigenvalue weighted by Crippen LogP contribution is -2.39. The molecular weight excluding hydrogens is 664 g/mol. The van der Waals surface area contributed by atoms with Crippen LogP contribution in [0.25, 0.3) is 28.5 Å². The second kappa shape index (κ2) is 15.9. The number of aliphatic hydroxyl groups excluding tert-OH is 1. The van der Waals surface area contributed by atoms with Crippen molar-refractivity contribution >= 4 is 41.9 Å². The van der Waals surface area contributed by atoms with Crippen molar-refractivity contribution in [1.82, 2.24) is 9.80 Å². The van der Waals surface area contributed by atoms with Crippen LogP contribution in [0.3, 0.4) is 0 Å². The summed E-state index contributed by atoms with van der Waals surface area (Å²) >= 11 is 0. The number of nitrogens with zero attached hydrogens (tertiary/aromatic N) is 2. The van der Waals surface area contributed by atoms with E-state index in [2.05, 4.69) is 0 Å². The van der Waals surface area contributed by atoms with E-state index < -0.39 is 86.7 Å². The molecule has 0 amide bonds. The van der Waals surface area contributed by atoms with Crippen LogP contribution in [0.4, 0.5) is 0 Å². The molecule has 1 aromatic rings. The van der Waals surface area contributed by atoms with Gasteiger partial charge < -0.3 is 39.4 Å². The fraction of sp³-hybridized carbons (Fsp3) is 0.303. The van der Waals surface area contributed by atoms with E-state index in [9.17, 15) is 59.1 Å². The number of esters is 2. The van der Waals surface area contributed by atoms with Crippen molar-refractivity contribution in [3.05, 3.63) is 74.8 Å². The zero-order valence-electron chi connectivity index (χ0n) is 26.5. The molecule has 264 valence electrons. The highest BCUT2D eigenvalue weighted by molar-refractivity contribution is 6.01. The zero-order chi connectivity index (χ0) is 36.7. The van der Waals surface area contributed by atoms with Gasteiger partial charge in [0.1, 0.15) is 17.3 Å². The van der Waals surface area contributed by atoms with Crippen molar-refractivity contribution in [2.24, 2.45) is 5.92 Å². The Hall–Kier alpha value is -6.07. The van der Waals surface area contributed by atoms with E-state index in [0.29, 0.717) is 11.1 Å². The molecule has 5 N–H and O–H groups in total. The molecule has 0 radical (unpaired) electrons. The Morgan fingerprint density at radius 3 is 2.04 bits per heavy atom. The number of benzene rings is 2. The maximum Gasteiger partial charge on any atom is 0.341 e. The van der Waals surface area contributed by atoms with Crippen molar-refractivity contribution in [3.8, 4) is 22.5 Å². The molecule has 0 saturated carbocycles. The Balaban J connectivity index is 1.93. The molecule has 1 heterocycles. The molecule has 0 aromatic heterocycles. The van der Waals surface area contributed by atoms with Crippen molar-refractivity contribution in [3.63, 3.8) is 0 Å². The number of hydrogen-bond acceptors (Lipinski definition) is 13. The highest BCUT2D eigenvalue weighted by Gasteiger charge is 2.33. The monoisotopic (exact) mass is 696 g/mol. The van der Waals surface area contributed by atoms with Gasteiger partial charge in [-0.1, -0.05) is 18.2 Å². The van der Waals surface area contributed by atoms with Gasteiger partial charge in [0.05, 0.1) is 31.7 Å². The summed E-state index contributed by atoms with van der Waals surface area (Å²) in [6.07, 6.45) is 1.17. The maximum absolute atomic E-state index is 13.3. The van der Waals surface area contributed by atoms with E-state index in [4.69, 9.17) is 13.9 Å². The van der Waals surface area contributed by atoms with Gasteiger partial charge in [-0.3, -0.25) is 38.6 Å². The third-order valence-corrected chi connectivity index (χ3v) is 7.58. The third kappa shape index (κ3) is 9.30. The first-order valence-electron chi connectivity index (χ1n) is 14.9. The van der Waals surface area contributed by atoms with Crippen LogP contribution in [0.1, 0.15) is 34.2 Å². The average Bonchev–Trinajstić information content (AvgIpc) is 2.99. The number of hydrogen-bond donors (Lipinski definition) is 5. The van der Waals surface area contributed by atoms with Crippen LogP contribution in [0.5, 0.6) is 0 Å². The Labute approximate surface area is 282 Å². The number of carboxylic acid groups (broad SMARTS) is 4. The molecule has 0 fully saturated rings. The summed E-state index contributed by atoms with van der Waals surface area (Å²) in [6, 6.07) is 8.59. The summed E-state index contributed by atoms with van der Waals surface area (Å²) in [5.41, 5.74) is 0.468. The molecule has 0 bridgehead atoms. The molecule has 1 aromatic carbocycles. The largest absolute Gasteiger partial charge is 0.512 e. The Kier molecular flexibility index (Phi) is 11.7. The second-order valence-corrected chi connectivity index (χ2v) is 11.4. The zero-order valence-corrected chi connectivity index (χ0v) is 26.5. The summed E-state index contributed by atoms with van der Waals surface area (Å²) in [6.45, 7) is -2.86. The van der Waals surface area contributed by atoms with E-state index >= 15 is 0 Å². The van der Waals surface area contributed by atoms with Crippen LogP contribution in [0.2, 0.25) is 0 Å². The van der Waals surface area contributed by atoms with Crippen molar-refractivity contribution in [2.45, 2.75) is 19.9 Å². The SMILES string of the molecule is CC(=O)OCOC(=O)c1ccccc1-c1c2cc(CN(CC(=O)O)CC(=O)O)c(=O)cc-2oc2c1CC(CN(CC(=O)O)CC(=O)O)C(O)=C2. The van der Waals surface area contributed by atoms with Gasteiger partial charge in [0.15, 0.2) is 5.43 Å². The summed E-state index contributed by atoms with van der Waals surface area (Å²) in [7, 11) is 0. The van der Waals surface area contributed by atoms with Crippen molar-refractivity contribution < 1.29 is 68.2 Å². The topological polar surface area (TPSA) is 259 Å². The van der Waals surface area contributed by atoms with Gasteiger partial charge in [0, 0.05) is 60.3 Å². The fourth-order valence-electron chi connectivity index (χ4n) is 5.66. The highest BCUT2D eigenvalue weighted by atomic mass is 16.7. The molecule has 1 aliphatic heterocycles. The second-order valence-electron chi connectivity index (χ2n) is 11.4. The number of ether oxygens (including phenoxy) is 2. The minimum Gasteiger partial charge on any atom is -0.512 e. The molecular formula is C33H32N2O15. The first-order valence-corrected chi connectivity index (χ1v) is 14.9. The summed E-state index contributed by atoms with van der Waals surface area (Å²) in [4.78, 5) is 85.8. The van der Waals surface area contributed by atoms with Gasteiger partial charge in [-0.15, -0.1) is 0 Å². The Bertz CT molecular complexity index is 1860. The molecule has 1 atom stereocenters. The van der Waals surface area contributed by atoms with Crippen LogP contribution >= 0.6 is 0 Å². The van der Waals surface area contributed by atoms with Crippen LogP contribution < -0.4 is 5.43 Å². The number of carbonyl (C=O) groups is 6. The molecule has 0 saturated heterocycles. The number of carbonyl (C=O) groups excluding carboxylic acids is 2. The van der Waals surface area contributed by atoms with Gasteiger partial charge in [-0.05, 0) is 24.1 Å². The van der Waals surface area contributed by atoms with Gasteiger partial charge in [0.25, 0.3) is 0 Å². The summed E-state index contributed by atoms with van der Waals surface area (Å²) < 4.78 is 15.9.